The number of rotatable bonds is 9. The SMILES string of the molecule is COc1ccc(CN2C(=O)/C(=C/c3ccc(OCc4ccc(C(=O)O)cc4)c(OC)c3)SC2=S)cc1. The smallest absolute Gasteiger partial charge is 0.335 e. The number of hydrogen-bond donors (Lipinski definition) is 1. The highest BCUT2D eigenvalue weighted by molar-refractivity contribution is 8.26. The van der Waals surface area contributed by atoms with Crippen LogP contribution in [0.15, 0.2) is 71.6 Å². The number of carboxylic acids is 1. The van der Waals surface area contributed by atoms with Crippen molar-refractivity contribution in [3.8, 4) is 17.2 Å². The number of carboxylic acid groups (broad SMARTS) is 1. The molecule has 0 radical (unpaired) electrons. The summed E-state index contributed by atoms with van der Waals surface area (Å²) in [5, 5.41) is 9.02. The summed E-state index contributed by atoms with van der Waals surface area (Å²) in [4.78, 5) is 26.1. The van der Waals surface area contributed by atoms with Gasteiger partial charge in [0.2, 0.25) is 0 Å². The maximum Gasteiger partial charge on any atom is 0.335 e. The van der Waals surface area contributed by atoms with Crippen LogP contribution in [0.25, 0.3) is 6.08 Å². The molecule has 0 bridgehead atoms. The molecule has 9 heteroatoms. The molecule has 0 atom stereocenters. The molecule has 7 nitrogen and oxygen atoms in total. The molecule has 1 saturated heterocycles. The molecule has 184 valence electrons. The third-order valence-electron chi connectivity index (χ3n) is 5.45. The van der Waals surface area contributed by atoms with Crippen LogP contribution in [0.4, 0.5) is 0 Å². The molecular formula is C27H23NO6S2. The number of benzene rings is 3. The Hall–Kier alpha value is -3.82. The van der Waals surface area contributed by atoms with E-state index >= 15 is 0 Å². The van der Waals surface area contributed by atoms with Crippen LogP contribution in [-0.4, -0.2) is 40.4 Å². The van der Waals surface area contributed by atoms with Crippen LogP contribution in [0.1, 0.15) is 27.0 Å². The van der Waals surface area contributed by atoms with Crippen molar-refractivity contribution >= 4 is 46.3 Å². The van der Waals surface area contributed by atoms with Gasteiger partial charge in [0.15, 0.2) is 11.5 Å². The quantitative estimate of drug-likeness (QED) is 0.297. The van der Waals surface area contributed by atoms with E-state index in [0.29, 0.717) is 27.3 Å². The van der Waals surface area contributed by atoms with E-state index < -0.39 is 5.97 Å². The van der Waals surface area contributed by atoms with Gasteiger partial charge in [-0.2, -0.15) is 0 Å². The van der Waals surface area contributed by atoms with E-state index in [1.807, 2.05) is 30.3 Å². The van der Waals surface area contributed by atoms with Crippen molar-refractivity contribution < 1.29 is 28.9 Å². The van der Waals surface area contributed by atoms with Gasteiger partial charge in [-0.3, -0.25) is 9.69 Å². The number of aromatic carboxylic acids is 1. The number of hydrogen-bond acceptors (Lipinski definition) is 7. The fourth-order valence-corrected chi connectivity index (χ4v) is 4.75. The van der Waals surface area contributed by atoms with Crippen LogP contribution in [0.5, 0.6) is 17.2 Å². The van der Waals surface area contributed by atoms with E-state index in [0.717, 1.165) is 22.4 Å². The summed E-state index contributed by atoms with van der Waals surface area (Å²) >= 11 is 6.72. The molecule has 0 saturated carbocycles. The summed E-state index contributed by atoms with van der Waals surface area (Å²) in [6.07, 6.45) is 1.78. The van der Waals surface area contributed by atoms with Gasteiger partial charge in [-0.15, -0.1) is 0 Å². The van der Waals surface area contributed by atoms with Gasteiger partial charge in [0.25, 0.3) is 5.91 Å². The van der Waals surface area contributed by atoms with Crippen molar-refractivity contribution in [2.24, 2.45) is 0 Å². The molecule has 1 aliphatic rings. The molecule has 0 unspecified atom stereocenters. The number of amides is 1. The van der Waals surface area contributed by atoms with E-state index in [-0.39, 0.29) is 18.1 Å². The molecule has 0 aliphatic carbocycles. The predicted molar refractivity (Wildman–Crippen MR) is 142 cm³/mol. The van der Waals surface area contributed by atoms with Gasteiger partial charge in [0, 0.05) is 0 Å². The van der Waals surface area contributed by atoms with Crippen molar-refractivity contribution in [1.82, 2.24) is 4.90 Å². The van der Waals surface area contributed by atoms with Gasteiger partial charge in [-0.1, -0.05) is 54.3 Å². The Morgan fingerprint density at radius 1 is 0.972 bits per heavy atom. The van der Waals surface area contributed by atoms with Crippen LogP contribution >= 0.6 is 24.0 Å². The first-order valence-electron chi connectivity index (χ1n) is 10.9. The lowest BCUT2D eigenvalue weighted by Gasteiger charge is -2.14. The van der Waals surface area contributed by atoms with Crippen LogP contribution in [0, 0.1) is 0 Å². The molecule has 1 amide bonds. The third-order valence-corrected chi connectivity index (χ3v) is 6.83. The summed E-state index contributed by atoms with van der Waals surface area (Å²) in [5.41, 5.74) is 2.77. The molecule has 1 aliphatic heterocycles. The topological polar surface area (TPSA) is 85.3 Å². The summed E-state index contributed by atoms with van der Waals surface area (Å²) in [6.45, 7) is 0.634. The molecule has 3 aromatic rings. The lowest BCUT2D eigenvalue weighted by atomic mass is 10.1. The Bertz CT molecular complexity index is 1320. The zero-order valence-corrected chi connectivity index (χ0v) is 21.2. The average molecular weight is 522 g/mol. The molecule has 1 fully saturated rings. The summed E-state index contributed by atoms with van der Waals surface area (Å²) in [5.74, 6) is 0.674. The number of nitrogens with zero attached hydrogens (tertiary/aromatic N) is 1. The molecule has 1 N–H and O–H groups in total. The van der Waals surface area contributed by atoms with Crippen LogP contribution < -0.4 is 14.2 Å². The van der Waals surface area contributed by atoms with Gasteiger partial charge in [-0.25, -0.2) is 4.79 Å². The number of thioether (sulfide) groups is 1. The zero-order valence-electron chi connectivity index (χ0n) is 19.6. The first kappa shape index (κ1) is 25.3. The second kappa shape index (κ2) is 11.3. The predicted octanol–water partition coefficient (Wildman–Crippen LogP) is 5.38. The average Bonchev–Trinajstić information content (AvgIpc) is 3.15. The maximum absolute atomic E-state index is 13.0. The minimum Gasteiger partial charge on any atom is -0.497 e. The van der Waals surface area contributed by atoms with Crippen molar-refractivity contribution in [3.63, 3.8) is 0 Å². The number of methoxy groups -OCH3 is 2. The monoisotopic (exact) mass is 521 g/mol. The first-order valence-corrected chi connectivity index (χ1v) is 12.1. The van der Waals surface area contributed by atoms with Gasteiger partial charge >= 0.3 is 5.97 Å². The molecule has 1 heterocycles. The van der Waals surface area contributed by atoms with E-state index in [1.54, 1.807) is 49.5 Å². The second-order valence-electron chi connectivity index (χ2n) is 7.82. The van der Waals surface area contributed by atoms with Crippen molar-refractivity contribution in [1.29, 1.82) is 0 Å². The summed E-state index contributed by atoms with van der Waals surface area (Å²) in [7, 11) is 3.15. The van der Waals surface area contributed by atoms with Crippen molar-refractivity contribution in [2.75, 3.05) is 14.2 Å². The second-order valence-corrected chi connectivity index (χ2v) is 9.49. The van der Waals surface area contributed by atoms with Gasteiger partial charge < -0.3 is 19.3 Å². The van der Waals surface area contributed by atoms with Crippen molar-refractivity contribution in [2.45, 2.75) is 13.2 Å². The molecule has 4 rings (SSSR count). The Kier molecular flexibility index (Phi) is 7.92. The molecular weight excluding hydrogens is 498 g/mol. The van der Waals surface area contributed by atoms with Crippen LogP contribution in [0.3, 0.4) is 0 Å². The Labute approximate surface area is 218 Å². The fourth-order valence-electron chi connectivity index (χ4n) is 3.50. The normalized spacial score (nSPS) is 14.3. The minimum absolute atomic E-state index is 0.148. The Morgan fingerprint density at radius 3 is 2.31 bits per heavy atom. The first-order chi connectivity index (χ1) is 17.4. The highest BCUT2D eigenvalue weighted by Gasteiger charge is 2.32. The molecule has 36 heavy (non-hydrogen) atoms. The number of thiocarbonyl (C=S) groups is 1. The highest BCUT2D eigenvalue weighted by Crippen LogP contribution is 2.36. The Morgan fingerprint density at radius 2 is 1.67 bits per heavy atom. The largest absolute Gasteiger partial charge is 0.497 e. The lowest BCUT2D eigenvalue weighted by molar-refractivity contribution is -0.122. The van der Waals surface area contributed by atoms with E-state index in [9.17, 15) is 9.59 Å². The van der Waals surface area contributed by atoms with E-state index in [2.05, 4.69) is 0 Å². The van der Waals surface area contributed by atoms with Gasteiger partial charge in [0.1, 0.15) is 16.7 Å². The minimum atomic E-state index is -0.975. The number of carbonyl (C=O) groups excluding carboxylic acids is 1. The van der Waals surface area contributed by atoms with Crippen molar-refractivity contribution in [3.05, 3.63) is 93.9 Å². The van der Waals surface area contributed by atoms with E-state index in [4.69, 9.17) is 31.5 Å². The Balaban J connectivity index is 1.44. The molecule has 3 aromatic carbocycles. The standard InChI is InChI=1S/C27H23NO6S2/c1-32-21-10-5-17(6-11-21)15-28-25(29)24(36-27(28)35)14-19-7-12-22(23(13-19)33-2)34-16-18-3-8-20(9-4-18)26(30)31/h3-14H,15-16H2,1-2H3,(H,30,31)/b24-14-. The third kappa shape index (κ3) is 5.87. The molecule has 0 spiro atoms. The highest BCUT2D eigenvalue weighted by atomic mass is 32.2. The zero-order chi connectivity index (χ0) is 25.7. The van der Waals surface area contributed by atoms with Crippen LogP contribution in [0.2, 0.25) is 0 Å². The van der Waals surface area contributed by atoms with Gasteiger partial charge in [0.05, 0.1) is 31.2 Å². The summed E-state index contributed by atoms with van der Waals surface area (Å²) in [6, 6.07) is 19.4. The number of carbonyl (C=O) groups is 2. The number of ether oxygens (including phenoxy) is 3. The molecule has 0 aromatic heterocycles. The van der Waals surface area contributed by atoms with Crippen LogP contribution in [-0.2, 0) is 17.9 Å². The maximum atomic E-state index is 13.0. The van der Waals surface area contributed by atoms with Gasteiger partial charge in [-0.05, 0) is 59.2 Å². The fraction of sp³-hybridized carbons (Fsp3) is 0.148. The lowest BCUT2D eigenvalue weighted by Crippen LogP contribution is -2.27. The summed E-state index contributed by atoms with van der Waals surface area (Å²) < 4.78 is 17.0. The van der Waals surface area contributed by atoms with E-state index in [1.165, 1.54) is 23.9 Å².